The summed E-state index contributed by atoms with van der Waals surface area (Å²) in [6, 6.07) is 12.8. The number of nitrogens with one attached hydrogen (secondary N) is 1. The first-order valence-electron chi connectivity index (χ1n) is 8.26. The highest BCUT2D eigenvalue weighted by atomic mass is 32.2. The Balaban J connectivity index is 1.60. The normalized spacial score (nSPS) is 21.2. The van der Waals surface area contributed by atoms with E-state index in [0.29, 0.717) is 30.4 Å². The standard InChI is InChI=1S/C19H18N2O4S/c1-19(18(23)21(2)13-5-3-4-6-16(13)26-19)17(22)20-12-7-8-14-15(11-12)25-10-9-24-14/h3-8,11H,9-10H2,1-2H3,(H,20,22). The average Bonchev–Trinajstić information content (AvgIpc) is 2.66. The van der Waals surface area contributed by atoms with Crippen LogP contribution in [0.25, 0.3) is 0 Å². The van der Waals surface area contributed by atoms with E-state index in [4.69, 9.17) is 9.47 Å². The summed E-state index contributed by atoms with van der Waals surface area (Å²) >= 11 is 1.27. The lowest BCUT2D eigenvalue weighted by Gasteiger charge is -2.37. The molecule has 7 heteroatoms. The van der Waals surface area contributed by atoms with Gasteiger partial charge in [0, 0.05) is 23.7 Å². The molecule has 0 bridgehead atoms. The number of thioether (sulfide) groups is 1. The molecule has 0 spiro atoms. The minimum absolute atomic E-state index is 0.253. The Kier molecular flexibility index (Phi) is 4.03. The lowest BCUT2D eigenvalue weighted by atomic mass is 10.1. The summed E-state index contributed by atoms with van der Waals surface area (Å²) in [4.78, 5) is 28.3. The number of ether oxygens (including phenoxy) is 2. The Morgan fingerprint density at radius 3 is 2.69 bits per heavy atom. The summed E-state index contributed by atoms with van der Waals surface area (Å²) < 4.78 is 9.78. The monoisotopic (exact) mass is 370 g/mol. The molecule has 1 N–H and O–H groups in total. The van der Waals surface area contributed by atoms with Crippen LogP contribution in [0.15, 0.2) is 47.4 Å². The second kappa shape index (κ2) is 6.25. The number of fused-ring (bicyclic) bond motifs is 2. The molecule has 134 valence electrons. The van der Waals surface area contributed by atoms with Crippen molar-refractivity contribution in [1.82, 2.24) is 0 Å². The van der Waals surface area contributed by atoms with Gasteiger partial charge in [-0.2, -0.15) is 0 Å². The quantitative estimate of drug-likeness (QED) is 0.824. The number of hydrogen-bond acceptors (Lipinski definition) is 5. The van der Waals surface area contributed by atoms with E-state index in [9.17, 15) is 9.59 Å². The SMILES string of the molecule is CN1C(=O)C(C)(C(=O)Nc2ccc3c(c2)OCCO3)Sc2ccccc21. The highest BCUT2D eigenvalue weighted by molar-refractivity contribution is 8.02. The number of rotatable bonds is 2. The predicted molar refractivity (Wildman–Crippen MR) is 100 cm³/mol. The lowest BCUT2D eigenvalue weighted by molar-refractivity contribution is -0.128. The van der Waals surface area contributed by atoms with Gasteiger partial charge in [0.05, 0.1) is 5.69 Å². The van der Waals surface area contributed by atoms with Crippen LogP contribution in [-0.2, 0) is 9.59 Å². The Hall–Kier alpha value is -2.67. The van der Waals surface area contributed by atoms with Crippen LogP contribution in [0.3, 0.4) is 0 Å². The molecule has 1 atom stereocenters. The zero-order valence-corrected chi connectivity index (χ0v) is 15.3. The third-order valence-electron chi connectivity index (χ3n) is 4.49. The van der Waals surface area contributed by atoms with Crippen LogP contribution in [0.4, 0.5) is 11.4 Å². The summed E-state index contributed by atoms with van der Waals surface area (Å²) in [5.41, 5.74) is 1.38. The second-order valence-corrected chi connectivity index (χ2v) is 7.74. The Labute approximate surface area is 155 Å². The highest BCUT2D eigenvalue weighted by Crippen LogP contribution is 2.45. The van der Waals surface area contributed by atoms with Gasteiger partial charge >= 0.3 is 0 Å². The number of hydrogen-bond donors (Lipinski definition) is 1. The van der Waals surface area contributed by atoms with E-state index in [2.05, 4.69) is 5.32 Å². The minimum atomic E-state index is -1.25. The number of nitrogens with zero attached hydrogens (tertiary/aromatic N) is 1. The third kappa shape index (κ3) is 2.68. The molecule has 2 aliphatic rings. The van der Waals surface area contributed by atoms with Crippen molar-refractivity contribution >= 4 is 35.0 Å². The smallest absolute Gasteiger partial charge is 0.252 e. The van der Waals surface area contributed by atoms with E-state index < -0.39 is 4.75 Å². The summed E-state index contributed by atoms with van der Waals surface area (Å²) in [5, 5.41) is 2.84. The maximum Gasteiger partial charge on any atom is 0.252 e. The van der Waals surface area contributed by atoms with E-state index >= 15 is 0 Å². The number of carbonyl (C=O) groups is 2. The van der Waals surface area contributed by atoms with Crippen LogP contribution in [0.5, 0.6) is 11.5 Å². The molecule has 1 unspecified atom stereocenters. The largest absolute Gasteiger partial charge is 0.486 e. The molecular weight excluding hydrogens is 352 g/mol. The van der Waals surface area contributed by atoms with Crippen molar-refractivity contribution in [2.24, 2.45) is 0 Å². The molecule has 0 saturated heterocycles. The Morgan fingerprint density at radius 2 is 1.88 bits per heavy atom. The second-order valence-electron chi connectivity index (χ2n) is 6.28. The van der Waals surface area contributed by atoms with E-state index in [1.165, 1.54) is 16.7 Å². The summed E-state index contributed by atoms with van der Waals surface area (Å²) in [5.74, 6) is 0.614. The average molecular weight is 370 g/mol. The minimum Gasteiger partial charge on any atom is -0.486 e. The molecule has 0 saturated carbocycles. The molecule has 2 aromatic rings. The first-order chi connectivity index (χ1) is 12.5. The molecule has 26 heavy (non-hydrogen) atoms. The van der Waals surface area contributed by atoms with Crippen LogP contribution >= 0.6 is 11.8 Å². The van der Waals surface area contributed by atoms with Crippen molar-refractivity contribution in [2.45, 2.75) is 16.6 Å². The fourth-order valence-corrected chi connectivity index (χ4v) is 4.29. The molecule has 0 fully saturated rings. The zero-order chi connectivity index (χ0) is 18.3. The van der Waals surface area contributed by atoms with E-state index in [-0.39, 0.29) is 11.8 Å². The maximum atomic E-state index is 13.0. The molecular formula is C19H18N2O4S. The highest BCUT2D eigenvalue weighted by Gasteiger charge is 2.48. The molecule has 2 aromatic carbocycles. The molecule has 0 aliphatic carbocycles. The van der Waals surface area contributed by atoms with Crippen molar-refractivity contribution in [2.75, 3.05) is 30.5 Å². The first kappa shape index (κ1) is 16.8. The van der Waals surface area contributed by atoms with Gasteiger partial charge in [0.2, 0.25) is 5.91 Å². The van der Waals surface area contributed by atoms with Gasteiger partial charge in [0.1, 0.15) is 13.2 Å². The Bertz CT molecular complexity index is 901. The first-order valence-corrected chi connectivity index (χ1v) is 9.08. The van der Waals surface area contributed by atoms with Gasteiger partial charge in [0.25, 0.3) is 5.91 Å². The fourth-order valence-electron chi connectivity index (χ4n) is 3.03. The van der Waals surface area contributed by atoms with E-state index in [1.807, 2.05) is 24.3 Å². The molecule has 2 aliphatic heterocycles. The summed E-state index contributed by atoms with van der Waals surface area (Å²) in [6.45, 7) is 2.63. The van der Waals surface area contributed by atoms with Crippen LogP contribution in [0.2, 0.25) is 0 Å². The fraction of sp³-hybridized carbons (Fsp3) is 0.263. The predicted octanol–water partition coefficient (Wildman–Crippen LogP) is 2.92. The van der Waals surface area contributed by atoms with Gasteiger partial charge in [-0.3, -0.25) is 9.59 Å². The zero-order valence-electron chi connectivity index (χ0n) is 14.4. The molecule has 2 amide bonds. The van der Waals surface area contributed by atoms with Crippen molar-refractivity contribution in [3.8, 4) is 11.5 Å². The van der Waals surface area contributed by atoms with Gasteiger partial charge in [-0.05, 0) is 31.2 Å². The van der Waals surface area contributed by atoms with E-state index in [0.717, 1.165) is 10.6 Å². The van der Waals surface area contributed by atoms with Crippen molar-refractivity contribution in [3.05, 3.63) is 42.5 Å². The van der Waals surface area contributed by atoms with E-state index in [1.54, 1.807) is 32.2 Å². The third-order valence-corrected chi connectivity index (χ3v) is 5.82. The lowest BCUT2D eigenvalue weighted by Crippen LogP contribution is -2.53. The number of carbonyl (C=O) groups excluding carboxylic acids is 2. The van der Waals surface area contributed by atoms with Gasteiger partial charge in [0.15, 0.2) is 16.2 Å². The topological polar surface area (TPSA) is 67.9 Å². The number of para-hydroxylation sites is 1. The maximum absolute atomic E-state index is 13.0. The van der Waals surface area contributed by atoms with Crippen molar-refractivity contribution in [3.63, 3.8) is 0 Å². The van der Waals surface area contributed by atoms with Crippen LogP contribution < -0.4 is 19.7 Å². The molecule has 2 heterocycles. The van der Waals surface area contributed by atoms with Gasteiger partial charge in [-0.1, -0.05) is 23.9 Å². The van der Waals surface area contributed by atoms with Crippen LogP contribution in [0, 0.1) is 0 Å². The molecule has 6 nitrogen and oxygen atoms in total. The molecule has 4 rings (SSSR count). The van der Waals surface area contributed by atoms with Gasteiger partial charge < -0.3 is 19.7 Å². The number of anilines is 2. The van der Waals surface area contributed by atoms with Gasteiger partial charge in [-0.15, -0.1) is 0 Å². The van der Waals surface area contributed by atoms with Crippen molar-refractivity contribution < 1.29 is 19.1 Å². The molecule has 0 radical (unpaired) electrons. The van der Waals surface area contributed by atoms with Crippen molar-refractivity contribution in [1.29, 1.82) is 0 Å². The number of amides is 2. The van der Waals surface area contributed by atoms with Crippen LogP contribution in [0.1, 0.15) is 6.92 Å². The van der Waals surface area contributed by atoms with Gasteiger partial charge in [-0.25, -0.2) is 0 Å². The summed E-state index contributed by atoms with van der Waals surface area (Å²) in [6.07, 6.45) is 0. The summed E-state index contributed by atoms with van der Waals surface area (Å²) in [7, 11) is 1.69. The molecule has 0 aromatic heterocycles. The number of benzene rings is 2. The van der Waals surface area contributed by atoms with Crippen LogP contribution in [-0.4, -0.2) is 36.8 Å². The Morgan fingerprint density at radius 1 is 1.15 bits per heavy atom.